The Morgan fingerprint density at radius 3 is 2.88 bits per heavy atom. The van der Waals surface area contributed by atoms with Crippen molar-refractivity contribution in [3.63, 3.8) is 0 Å². The van der Waals surface area contributed by atoms with Gasteiger partial charge in [0.2, 0.25) is 5.91 Å². The van der Waals surface area contributed by atoms with Gasteiger partial charge in [-0.1, -0.05) is 6.07 Å². The SMILES string of the molecule is O=C(CCCO)N(Cc1ccccn1)C1CC1. The molecule has 1 saturated carbocycles. The summed E-state index contributed by atoms with van der Waals surface area (Å²) in [5, 5.41) is 8.76. The van der Waals surface area contributed by atoms with Crippen LogP contribution in [0.4, 0.5) is 0 Å². The van der Waals surface area contributed by atoms with Crippen LogP contribution >= 0.6 is 0 Å². The molecule has 0 aliphatic heterocycles. The summed E-state index contributed by atoms with van der Waals surface area (Å²) >= 11 is 0. The zero-order chi connectivity index (χ0) is 12.1. The van der Waals surface area contributed by atoms with Crippen LogP contribution in [0.5, 0.6) is 0 Å². The molecule has 1 N–H and O–H groups in total. The molecule has 1 amide bonds. The summed E-state index contributed by atoms with van der Waals surface area (Å²) in [4.78, 5) is 18.1. The van der Waals surface area contributed by atoms with E-state index in [2.05, 4.69) is 4.98 Å². The van der Waals surface area contributed by atoms with Crippen molar-refractivity contribution in [2.24, 2.45) is 0 Å². The summed E-state index contributed by atoms with van der Waals surface area (Å²) in [7, 11) is 0. The summed E-state index contributed by atoms with van der Waals surface area (Å²) < 4.78 is 0. The predicted molar refractivity (Wildman–Crippen MR) is 64.1 cm³/mol. The van der Waals surface area contributed by atoms with Crippen molar-refractivity contribution in [3.05, 3.63) is 30.1 Å². The van der Waals surface area contributed by atoms with E-state index in [-0.39, 0.29) is 12.5 Å². The van der Waals surface area contributed by atoms with Gasteiger partial charge in [-0.15, -0.1) is 0 Å². The maximum Gasteiger partial charge on any atom is 0.223 e. The van der Waals surface area contributed by atoms with Crippen molar-refractivity contribution in [2.75, 3.05) is 6.61 Å². The van der Waals surface area contributed by atoms with Gasteiger partial charge in [-0.05, 0) is 31.4 Å². The first kappa shape index (κ1) is 12.0. The maximum atomic E-state index is 12.0. The van der Waals surface area contributed by atoms with Gasteiger partial charge in [-0.3, -0.25) is 9.78 Å². The molecule has 17 heavy (non-hydrogen) atoms. The molecule has 1 heterocycles. The highest BCUT2D eigenvalue weighted by Gasteiger charge is 2.32. The van der Waals surface area contributed by atoms with E-state index in [0.717, 1.165) is 18.5 Å². The fraction of sp³-hybridized carbons (Fsp3) is 0.538. The number of hydrogen-bond donors (Lipinski definition) is 1. The van der Waals surface area contributed by atoms with Crippen molar-refractivity contribution in [1.29, 1.82) is 0 Å². The van der Waals surface area contributed by atoms with Gasteiger partial charge in [0.1, 0.15) is 0 Å². The Bertz CT molecular complexity index is 363. The molecule has 2 rings (SSSR count). The van der Waals surface area contributed by atoms with Gasteiger partial charge in [-0.2, -0.15) is 0 Å². The van der Waals surface area contributed by atoms with Crippen LogP contribution in [0.25, 0.3) is 0 Å². The number of pyridine rings is 1. The lowest BCUT2D eigenvalue weighted by Gasteiger charge is -2.21. The number of carbonyl (C=O) groups excluding carboxylic acids is 1. The molecule has 0 atom stereocenters. The highest BCUT2D eigenvalue weighted by molar-refractivity contribution is 5.76. The summed E-state index contributed by atoms with van der Waals surface area (Å²) in [6.45, 7) is 0.670. The third-order valence-electron chi connectivity index (χ3n) is 2.92. The van der Waals surface area contributed by atoms with E-state index in [1.165, 1.54) is 0 Å². The molecule has 0 bridgehead atoms. The van der Waals surface area contributed by atoms with Crippen molar-refractivity contribution < 1.29 is 9.90 Å². The maximum absolute atomic E-state index is 12.0. The largest absolute Gasteiger partial charge is 0.396 e. The molecule has 4 heteroatoms. The first-order chi connectivity index (χ1) is 8.31. The van der Waals surface area contributed by atoms with Crippen LogP contribution in [0.15, 0.2) is 24.4 Å². The molecule has 1 fully saturated rings. The Morgan fingerprint density at radius 1 is 1.47 bits per heavy atom. The van der Waals surface area contributed by atoms with Crippen LogP contribution in [0.3, 0.4) is 0 Å². The quantitative estimate of drug-likeness (QED) is 0.808. The molecule has 4 nitrogen and oxygen atoms in total. The Morgan fingerprint density at radius 2 is 2.29 bits per heavy atom. The number of carbonyl (C=O) groups is 1. The topological polar surface area (TPSA) is 53.4 Å². The van der Waals surface area contributed by atoms with Gasteiger partial charge in [0.15, 0.2) is 0 Å². The minimum Gasteiger partial charge on any atom is -0.396 e. The smallest absolute Gasteiger partial charge is 0.223 e. The summed E-state index contributed by atoms with van der Waals surface area (Å²) in [6.07, 6.45) is 4.91. The lowest BCUT2D eigenvalue weighted by atomic mass is 10.2. The zero-order valence-electron chi connectivity index (χ0n) is 9.88. The van der Waals surface area contributed by atoms with E-state index < -0.39 is 0 Å². The number of aromatic nitrogens is 1. The number of rotatable bonds is 6. The van der Waals surface area contributed by atoms with Crippen LogP contribution in [0.2, 0.25) is 0 Å². The molecule has 1 aliphatic carbocycles. The van der Waals surface area contributed by atoms with Gasteiger partial charge >= 0.3 is 0 Å². The van der Waals surface area contributed by atoms with Gasteiger partial charge in [0.25, 0.3) is 0 Å². The molecule has 0 unspecified atom stereocenters. The third-order valence-corrected chi connectivity index (χ3v) is 2.92. The normalized spacial score (nSPS) is 14.6. The minimum atomic E-state index is 0.0772. The zero-order valence-corrected chi connectivity index (χ0v) is 9.88. The van der Waals surface area contributed by atoms with Gasteiger partial charge in [0.05, 0.1) is 12.2 Å². The fourth-order valence-electron chi connectivity index (χ4n) is 1.85. The average Bonchev–Trinajstić information content (AvgIpc) is 3.18. The van der Waals surface area contributed by atoms with Gasteiger partial charge in [-0.25, -0.2) is 0 Å². The molecule has 1 aromatic heterocycles. The number of aliphatic hydroxyl groups excluding tert-OH is 1. The van der Waals surface area contributed by atoms with Crippen LogP contribution in [-0.2, 0) is 11.3 Å². The van der Waals surface area contributed by atoms with E-state index in [9.17, 15) is 4.79 Å². The molecule has 0 spiro atoms. The summed E-state index contributed by atoms with van der Waals surface area (Å²) in [6, 6.07) is 6.14. The van der Waals surface area contributed by atoms with Crippen LogP contribution in [-0.4, -0.2) is 33.5 Å². The third kappa shape index (κ3) is 3.53. The monoisotopic (exact) mass is 234 g/mol. The highest BCUT2D eigenvalue weighted by Crippen LogP contribution is 2.28. The summed E-state index contributed by atoms with van der Waals surface area (Å²) in [5.74, 6) is 0.132. The molecule has 0 radical (unpaired) electrons. The molecular weight excluding hydrogens is 216 g/mol. The highest BCUT2D eigenvalue weighted by atomic mass is 16.3. The van der Waals surface area contributed by atoms with Crippen LogP contribution in [0.1, 0.15) is 31.4 Å². The number of aliphatic hydroxyl groups is 1. The Hall–Kier alpha value is -1.42. The lowest BCUT2D eigenvalue weighted by Crippen LogP contribution is -2.32. The van der Waals surface area contributed by atoms with E-state index in [4.69, 9.17) is 5.11 Å². The Balaban J connectivity index is 1.95. The molecule has 0 saturated heterocycles. The second kappa shape index (κ2) is 5.77. The predicted octanol–water partition coefficient (Wildman–Crippen LogP) is 1.35. The van der Waals surface area contributed by atoms with Gasteiger partial charge < -0.3 is 10.0 Å². The molecular formula is C13H18N2O2. The van der Waals surface area contributed by atoms with Crippen molar-refractivity contribution in [3.8, 4) is 0 Å². The first-order valence-electron chi connectivity index (χ1n) is 6.11. The number of nitrogens with zero attached hydrogens (tertiary/aromatic N) is 2. The molecule has 92 valence electrons. The minimum absolute atomic E-state index is 0.0772. The van der Waals surface area contributed by atoms with Crippen molar-refractivity contribution >= 4 is 5.91 Å². The second-order valence-corrected chi connectivity index (χ2v) is 4.40. The standard InChI is InChI=1S/C13H18N2O2/c16-9-3-5-13(17)15(12-6-7-12)10-11-4-1-2-8-14-11/h1-2,4,8,12,16H,3,5-7,9-10H2. The Kier molecular flexibility index (Phi) is 4.09. The lowest BCUT2D eigenvalue weighted by molar-refractivity contribution is -0.132. The van der Waals surface area contributed by atoms with E-state index in [1.807, 2.05) is 23.1 Å². The summed E-state index contributed by atoms with van der Waals surface area (Å²) in [5.41, 5.74) is 0.928. The van der Waals surface area contributed by atoms with E-state index >= 15 is 0 Å². The van der Waals surface area contributed by atoms with Crippen LogP contribution < -0.4 is 0 Å². The van der Waals surface area contributed by atoms with E-state index in [1.54, 1.807) is 6.20 Å². The number of amides is 1. The van der Waals surface area contributed by atoms with Gasteiger partial charge in [0, 0.05) is 25.3 Å². The second-order valence-electron chi connectivity index (χ2n) is 4.40. The van der Waals surface area contributed by atoms with Crippen molar-refractivity contribution in [2.45, 2.75) is 38.3 Å². The average molecular weight is 234 g/mol. The van der Waals surface area contributed by atoms with Crippen LogP contribution in [0, 0.1) is 0 Å². The van der Waals surface area contributed by atoms with Crippen molar-refractivity contribution in [1.82, 2.24) is 9.88 Å². The number of hydrogen-bond acceptors (Lipinski definition) is 3. The van der Waals surface area contributed by atoms with E-state index in [0.29, 0.717) is 25.4 Å². The fourth-order valence-corrected chi connectivity index (χ4v) is 1.85. The molecule has 1 aliphatic rings. The molecule has 0 aromatic carbocycles. The Labute approximate surface area is 101 Å². The molecule has 1 aromatic rings. The first-order valence-corrected chi connectivity index (χ1v) is 6.11.